The van der Waals surface area contributed by atoms with E-state index in [9.17, 15) is 0 Å². The van der Waals surface area contributed by atoms with Crippen LogP contribution in [0, 0.1) is 5.92 Å². The number of rotatable bonds is 5. The molecule has 1 saturated heterocycles. The highest BCUT2D eigenvalue weighted by atomic mass is 16.5. The molecule has 0 saturated carbocycles. The van der Waals surface area contributed by atoms with E-state index < -0.39 is 0 Å². The highest BCUT2D eigenvalue weighted by Gasteiger charge is 2.21. The zero-order valence-corrected chi connectivity index (χ0v) is 12.1. The van der Waals surface area contributed by atoms with Crippen molar-refractivity contribution in [3.8, 4) is 5.69 Å². The Morgan fingerprint density at radius 1 is 1.24 bits per heavy atom. The third kappa shape index (κ3) is 3.50. The zero-order chi connectivity index (χ0) is 14.5. The Kier molecular flexibility index (Phi) is 4.65. The van der Waals surface area contributed by atoms with Crippen molar-refractivity contribution in [3.05, 3.63) is 48.3 Å². The normalized spacial score (nSPS) is 17.8. The summed E-state index contributed by atoms with van der Waals surface area (Å²) in [5.41, 5.74) is 4.97. The number of nitrogens with zero attached hydrogens (tertiary/aromatic N) is 2. The number of hydrogen-bond acceptors (Lipinski definition) is 4. The number of nitrogens with two attached hydrogens (primary N) is 1. The molecule has 0 bridgehead atoms. The van der Waals surface area contributed by atoms with Gasteiger partial charge in [0.05, 0.1) is 17.4 Å². The van der Waals surface area contributed by atoms with Gasteiger partial charge in [0.25, 0.3) is 0 Å². The van der Waals surface area contributed by atoms with E-state index in [2.05, 4.69) is 10.5 Å². The van der Waals surface area contributed by atoms with Crippen LogP contribution < -0.4 is 11.3 Å². The zero-order valence-electron chi connectivity index (χ0n) is 12.1. The fraction of sp³-hybridized carbons (Fsp3) is 0.438. The molecule has 3 N–H and O–H groups in total. The summed E-state index contributed by atoms with van der Waals surface area (Å²) in [6, 6.07) is 12.2. The van der Waals surface area contributed by atoms with E-state index in [0.717, 1.165) is 43.9 Å². The largest absolute Gasteiger partial charge is 0.381 e. The summed E-state index contributed by atoms with van der Waals surface area (Å²) in [6.07, 6.45) is 5.21. The predicted molar refractivity (Wildman–Crippen MR) is 81.8 cm³/mol. The maximum absolute atomic E-state index is 5.74. The summed E-state index contributed by atoms with van der Waals surface area (Å²) in [5.74, 6) is 6.39. The van der Waals surface area contributed by atoms with Gasteiger partial charge in [-0.2, -0.15) is 5.10 Å². The molecule has 1 aliphatic heterocycles. The molecule has 1 aromatic carbocycles. The Morgan fingerprint density at radius 3 is 2.71 bits per heavy atom. The van der Waals surface area contributed by atoms with Gasteiger partial charge in [0, 0.05) is 19.4 Å². The number of hydrogen-bond donors (Lipinski definition) is 2. The Balaban J connectivity index is 1.71. The van der Waals surface area contributed by atoms with Gasteiger partial charge in [-0.1, -0.05) is 18.2 Å². The SMILES string of the molecule is NNC(CC1CCOCC1)c1ccn(-c2ccccc2)n1. The summed E-state index contributed by atoms with van der Waals surface area (Å²) < 4.78 is 7.30. The first-order valence-corrected chi connectivity index (χ1v) is 7.51. The van der Waals surface area contributed by atoms with Gasteiger partial charge in [-0.05, 0) is 43.4 Å². The van der Waals surface area contributed by atoms with Crippen LogP contribution >= 0.6 is 0 Å². The first-order chi connectivity index (χ1) is 10.4. The van der Waals surface area contributed by atoms with Gasteiger partial charge in [-0.25, -0.2) is 4.68 Å². The van der Waals surface area contributed by atoms with Gasteiger partial charge >= 0.3 is 0 Å². The number of para-hydroxylation sites is 1. The molecule has 0 radical (unpaired) electrons. The van der Waals surface area contributed by atoms with Crippen molar-refractivity contribution < 1.29 is 4.74 Å². The molecule has 5 heteroatoms. The Morgan fingerprint density at radius 2 is 2.00 bits per heavy atom. The quantitative estimate of drug-likeness (QED) is 0.653. The van der Waals surface area contributed by atoms with Crippen molar-refractivity contribution in [2.24, 2.45) is 11.8 Å². The highest BCUT2D eigenvalue weighted by Crippen LogP contribution is 2.26. The molecule has 1 unspecified atom stereocenters. The average molecular weight is 286 g/mol. The van der Waals surface area contributed by atoms with Crippen molar-refractivity contribution in [1.29, 1.82) is 0 Å². The van der Waals surface area contributed by atoms with E-state index in [1.165, 1.54) is 0 Å². The number of benzene rings is 1. The molecule has 3 rings (SSSR count). The van der Waals surface area contributed by atoms with Crippen LogP contribution in [-0.2, 0) is 4.74 Å². The van der Waals surface area contributed by atoms with Gasteiger partial charge < -0.3 is 4.74 Å². The topological polar surface area (TPSA) is 65.1 Å². The molecule has 21 heavy (non-hydrogen) atoms. The lowest BCUT2D eigenvalue weighted by Gasteiger charge is -2.25. The predicted octanol–water partition coefficient (Wildman–Crippen LogP) is 2.19. The van der Waals surface area contributed by atoms with E-state index in [4.69, 9.17) is 10.6 Å². The number of nitrogens with one attached hydrogen (secondary N) is 1. The maximum atomic E-state index is 5.74. The van der Waals surface area contributed by atoms with E-state index >= 15 is 0 Å². The lowest BCUT2D eigenvalue weighted by Crippen LogP contribution is -2.31. The molecule has 1 atom stereocenters. The van der Waals surface area contributed by atoms with E-state index in [1.54, 1.807) is 0 Å². The summed E-state index contributed by atoms with van der Waals surface area (Å²) >= 11 is 0. The molecule has 0 spiro atoms. The molecule has 5 nitrogen and oxygen atoms in total. The lowest BCUT2D eigenvalue weighted by molar-refractivity contribution is 0.0603. The van der Waals surface area contributed by atoms with Crippen molar-refractivity contribution in [3.63, 3.8) is 0 Å². The molecule has 2 aromatic rings. The lowest BCUT2D eigenvalue weighted by atomic mass is 9.91. The number of hydrazine groups is 1. The molecule has 0 aliphatic carbocycles. The Labute approximate surface area is 125 Å². The van der Waals surface area contributed by atoms with Gasteiger partial charge in [-0.15, -0.1) is 0 Å². The maximum Gasteiger partial charge on any atom is 0.0812 e. The molecule has 1 aromatic heterocycles. The minimum absolute atomic E-state index is 0.0954. The third-order valence-electron chi connectivity index (χ3n) is 4.10. The van der Waals surface area contributed by atoms with Gasteiger partial charge in [-0.3, -0.25) is 11.3 Å². The molecule has 112 valence electrons. The van der Waals surface area contributed by atoms with Crippen molar-refractivity contribution >= 4 is 0 Å². The van der Waals surface area contributed by atoms with Crippen LogP contribution in [0.25, 0.3) is 5.69 Å². The summed E-state index contributed by atoms with van der Waals surface area (Å²) in [6.45, 7) is 1.72. The third-order valence-corrected chi connectivity index (χ3v) is 4.10. The van der Waals surface area contributed by atoms with Gasteiger partial charge in [0.1, 0.15) is 0 Å². The second kappa shape index (κ2) is 6.85. The number of aromatic nitrogens is 2. The summed E-state index contributed by atoms with van der Waals surface area (Å²) in [7, 11) is 0. The van der Waals surface area contributed by atoms with Crippen molar-refractivity contribution in [1.82, 2.24) is 15.2 Å². The first kappa shape index (κ1) is 14.3. The molecule has 1 fully saturated rings. The fourth-order valence-electron chi connectivity index (χ4n) is 2.84. The monoisotopic (exact) mass is 286 g/mol. The average Bonchev–Trinajstić information content (AvgIpc) is 3.04. The smallest absolute Gasteiger partial charge is 0.0812 e. The second-order valence-corrected chi connectivity index (χ2v) is 5.53. The molecule has 0 amide bonds. The van der Waals surface area contributed by atoms with E-state index in [-0.39, 0.29) is 6.04 Å². The molecule has 2 heterocycles. The first-order valence-electron chi connectivity index (χ1n) is 7.51. The van der Waals surface area contributed by atoms with E-state index in [0.29, 0.717) is 5.92 Å². The highest BCUT2D eigenvalue weighted by molar-refractivity contribution is 5.30. The van der Waals surface area contributed by atoms with E-state index in [1.807, 2.05) is 47.3 Å². The van der Waals surface area contributed by atoms with Crippen LogP contribution in [0.5, 0.6) is 0 Å². The molecular formula is C16H22N4O. The molecular weight excluding hydrogens is 264 g/mol. The van der Waals surface area contributed by atoms with Gasteiger partial charge in [0.15, 0.2) is 0 Å². The number of ether oxygens (including phenoxy) is 1. The summed E-state index contributed by atoms with van der Waals surface area (Å²) in [4.78, 5) is 0. The van der Waals surface area contributed by atoms with Crippen molar-refractivity contribution in [2.75, 3.05) is 13.2 Å². The summed E-state index contributed by atoms with van der Waals surface area (Å²) in [5, 5.41) is 4.66. The Bertz CT molecular complexity index is 548. The minimum Gasteiger partial charge on any atom is -0.381 e. The van der Waals surface area contributed by atoms with Crippen LogP contribution in [0.1, 0.15) is 31.0 Å². The van der Waals surface area contributed by atoms with Crippen molar-refractivity contribution in [2.45, 2.75) is 25.3 Å². The second-order valence-electron chi connectivity index (χ2n) is 5.53. The fourth-order valence-corrected chi connectivity index (χ4v) is 2.84. The van der Waals surface area contributed by atoms with Crippen LogP contribution in [0.3, 0.4) is 0 Å². The van der Waals surface area contributed by atoms with Gasteiger partial charge in [0.2, 0.25) is 0 Å². The minimum atomic E-state index is 0.0954. The molecule has 1 aliphatic rings. The Hall–Kier alpha value is -1.69. The van der Waals surface area contributed by atoms with Crippen LogP contribution in [0.2, 0.25) is 0 Å². The standard InChI is InChI=1S/C16H22N4O/c17-18-16(12-13-7-10-21-11-8-13)15-6-9-20(19-15)14-4-2-1-3-5-14/h1-6,9,13,16,18H,7-8,10-12,17H2. The van der Waals surface area contributed by atoms with Crippen LogP contribution in [0.15, 0.2) is 42.6 Å². The van der Waals surface area contributed by atoms with Crippen LogP contribution in [-0.4, -0.2) is 23.0 Å². The van der Waals surface area contributed by atoms with Crippen LogP contribution in [0.4, 0.5) is 0 Å².